The van der Waals surface area contributed by atoms with E-state index in [-0.39, 0.29) is 18.2 Å². The van der Waals surface area contributed by atoms with Crippen LogP contribution in [-0.2, 0) is 9.47 Å². The van der Waals surface area contributed by atoms with Gasteiger partial charge < -0.3 is 29.4 Å². The molecule has 1 aromatic heterocycles. The molecule has 2 N–H and O–H groups in total. The standard InChI is InChI=1S/C16H26N4O3/c1-10-17-5-8-20(10)14-15(21)13(12-9-22-16(14)23-12)18-11-3-6-19(2)7-4-11/h5,8,11-16,18,21H,3-4,6-7,9H2,1-2H3. The molecule has 7 nitrogen and oxygen atoms in total. The Morgan fingerprint density at radius 2 is 2.13 bits per heavy atom. The average molecular weight is 322 g/mol. The number of aliphatic hydroxyl groups is 1. The van der Waals surface area contributed by atoms with Gasteiger partial charge in [0.15, 0.2) is 6.29 Å². The number of fused-ring (bicyclic) bond motifs is 2. The number of ether oxygens (including phenoxy) is 2. The van der Waals surface area contributed by atoms with Gasteiger partial charge >= 0.3 is 0 Å². The molecule has 3 aliphatic rings. The van der Waals surface area contributed by atoms with Crippen LogP contribution in [0.5, 0.6) is 0 Å². The lowest BCUT2D eigenvalue weighted by atomic mass is 9.93. The minimum atomic E-state index is -0.547. The molecule has 5 unspecified atom stereocenters. The third-order valence-corrected chi connectivity index (χ3v) is 5.46. The molecular weight excluding hydrogens is 296 g/mol. The van der Waals surface area contributed by atoms with Crippen LogP contribution in [0.15, 0.2) is 12.4 Å². The van der Waals surface area contributed by atoms with E-state index < -0.39 is 12.4 Å². The Bertz CT molecular complexity index is 543. The van der Waals surface area contributed by atoms with Crippen molar-refractivity contribution < 1.29 is 14.6 Å². The van der Waals surface area contributed by atoms with Crippen molar-refractivity contribution in [1.29, 1.82) is 0 Å². The topological polar surface area (TPSA) is 71.8 Å². The third kappa shape index (κ3) is 2.81. The van der Waals surface area contributed by atoms with E-state index in [9.17, 15) is 5.11 Å². The molecule has 23 heavy (non-hydrogen) atoms. The SMILES string of the molecule is Cc1nccn1C1C2OCC(O2)C(NC2CCN(C)CC2)C1O. The van der Waals surface area contributed by atoms with Crippen LogP contribution in [-0.4, -0.2) is 76.9 Å². The fourth-order valence-electron chi connectivity index (χ4n) is 4.05. The Morgan fingerprint density at radius 1 is 1.35 bits per heavy atom. The maximum absolute atomic E-state index is 11.0. The summed E-state index contributed by atoms with van der Waals surface area (Å²) < 4.78 is 13.8. The highest BCUT2D eigenvalue weighted by Gasteiger charge is 2.51. The van der Waals surface area contributed by atoms with Crippen molar-refractivity contribution >= 4 is 0 Å². The predicted molar refractivity (Wildman–Crippen MR) is 84.1 cm³/mol. The summed E-state index contributed by atoms with van der Waals surface area (Å²) in [5, 5.41) is 14.7. The third-order valence-electron chi connectivity index (χ3n) is 5.46. The summed E-state index contributed by atoms with van der Waals surface area (Å²) in [4.78, 5) is 6.62. The highest BCUT2D eigenvalue weighted by molar-refractivity contribution is 5.05. The number of aromatic nitrogens is 2. The van der Waals surface area contributed by atoms with Crippen molar-refractivity contribution in [2.24, 2.45) is 0 Å². The highest BCUT2D eigenvalue weighted by atomic mass is 16.7. The molecule has 5 atom stereocenters. The van der Waals surface area contributed by atoms with E-state index in [2.05, 4.69) is 22.2 Å². The van der Waals surface area contributed by atoms with Crippen LogP contribution in [0.1, 0.15) is 24.7 Å². The first-order valence-electron chi connectivity index (χ1n) is 8.52. The molecule has 0 saturated carbocycles. The van der Waals surface area contributed by atoms with E-state index in [1.54, 1.807) is 6.20 Å². The summed E-state index contributed by atoms with van der Waals surface area (Å²) >= 11 is 0. The van der Waals surface area contributed by atoms with Crippen LogP contribution in [0.4, 0.5) is 0 Å². The molecular formula is C16H26N4O3. The van der Waals surface area contributed by atoms with Crippen LogP contribution in [0.25, 0.3) is 0 Å². The zero-order valence-corrected chi connectivity index (χ0v) is 13.8. The molecule has 0 aromatic carbocycles. The fourth-order valence-corrected chi connectivity index (χ4v) is 4.05. The summed E-state index contributed by atoms with van der Waals surface area (Å²) in [7, 11) is 2.15. The van der Waals surface area contributed by atoms with Crippen molar-refractivity contribution in [1.82, 2.24) is 19.8 Å². The van der Waals surface area contributed by atoms with E-state index in [1.165, 1.54) is 0 Å². The first-order valence-corrected chi connectivity index (χ1v) is 8.52. The summed E-state index contributed by atoms with van der Waals surface area (Å²) in [6.45, 7) is 4.66. The number of imidazole rings is 1. The normalized spacial score (nSPS) is 39.0. The van der Waals surface area contributed by atoms with Gasteiger partial charge in [0.1, 0.15) is 18.0 Å². The van der Waals surface area contributed by atoms with Crippen LogP contribution >= 0.6 is 0 Å². The van der Waals surface area contributed by atoms with Crippen LogP contribution in [0.2, 0.25) is 0 Å². The van der Waals surface area contributed by atoms with Crippen LogP contribution in [0.3, 0.4) is 0 Å². The molecule has 3 saturated heterocycles. The smallest absolute Gasteiger partial charge is 0.181 e. The number of aryl methyl sites for hydroxylation is 1. The van der Waals surface area contributed by atoms with E-state index >= 15 is 0 Å². The van der Waals surface area contributed by atoms with Gasteiger partial charge in [-0.2, -0.15) is 0 Å². The Balaban J connectivity index is 1.52. The van der Waals surface area contributed by atoms with Gasteiger partial charge in [-0.25, -0.2) is 4.98 Å². The van der Waals surface area contributed by atoms with Crippen molar-refractivity contribution in [3.63, 3.8) is 0 Å². The molecule has 4 rings (SSSR count). The van der Waals surface area contributed by atoms with Crippen molar-refractivity contribution in [3.8, 4) is 0 Å². The maximum Gasteiger partial charge on any atom is 0.181 e. The molecule has 2 bridgehead atoms. The van der Waals surface area contributed by atoms with Gasteiger partial charge in [0, 0.05) is 18.4 Å². The second-order valence-electron chi connectivity index (χ2n) is 7.01. The van der Waals surface area contributed by atoms with Crippen LogP contribution in [0, 0.1) is 6.92 Å². The molecule has 0 spiro atoms. The molecule has 1 aromatic rings. The average Bonchev–Trinajstić information content (AvgIpc) is 3.15. The second kappa shape index (κ2) is 6.14. The summed E-state index contributed by atoms with van der Waals surface area (Å²) in [5.41, 5.74) is 0. The quantitative estimate of drug-likeness (QED) is 0.810. The largest absolute Gasteiger partial charge is 0.389 e. The lowest BCUT2D eigenvalue weighted by Gasteiger charge is -2.42. The molecule has 3 aliphatic heterocycles. The number of hydrogen-bond acceptors (Lipinski definition) is 6. The molecule has 0 aliphatic carbocycles. The molecule has 7 heteroatoms. The molecule has 0 amide bonds. The molecule has 4 heterocycles. The number of piperidine rings is 1. The van der Waals surface area contributed by atoms with E-state index in [0.717, 1.165) is 31.8 Å². The number of rotatable bonds is 3. The number of hydrogen-bond donors (Lipinski definition) is 2. The Morgan fingerprint density at radius 3 is 2.83 bits per heavy atom. The minimum absolute atomic E-state index is 0.0743. The lowest BCUT2D eigenvalue weighted by Crippen LogP contribution is -2.60. The Hall–Kier alpha value is -0.990. The Labute approximate surface area is 136 Å². The number of likely N-dealkylation sites (tertiary alicyclic amines) is 1. The summed E-state index contributed by atoms with van der Waals surface area (Å²) in [6, 6.07) is 0.0742. The van der Waals surface area contributed by atoms with E-state index in [0.29, 0.717) is 12.6 Å². The number of nitrogens with zero attached hydrogens (tertiary/aromatic N) is 3. The monoisotopic (exact) mass is 322 g/mol. The van der Waals surface area contributed by atoms with Gasteiger partial charge in [-0.05, 0) is 39.9 Å². The van der Waals surface area contributed by atoms with Crippen molar-refractivity contribution in [3.05, 3.63) is 18.2 Å². The first kappa shape index (κ1) is 15.5. The maximum atomic E-state index is 11.0. The zero-order valence-electron chi connectivity index (χ0n) is 13.8. The van der Waals surface area contributed by atoms with E-state index in [4.69, 9.17) is 9.47 Å². The number of aliphatic hydroxyl groups excluding tert-OH is 1. The van der Waals surface area contributed by atoms with Gasteiger partial charge in [-0.15, -0.1) is 0 Å². The highest BCUT2D eigenvalue weighted by Crippen LogP contribution is 2.36. The summed E-state index contributed by atoms with van der Waals surface area (Å²) in [6.07, 6.45) is 4.84. The van der Waals surface area contributed by atoms with Gasteiger partial charge in [-0.1, -0.05) is 0 Å². The van der Waals surface area contributed by atoms with Gasteiger partial charge in [0.05, 0.1) is 18.8 Å². The molecule has 0 radical (unpaired) electrons. The lowest BCUT2D eigenvalue weighted by molar-refractivity contribution is -0.167. The zero-order chi connectivity index (χ0) is 16.0. The molecule has 3 fully saturated rings. The van der Waals surface area contributed by atoms with E-state index in [1.807, 2.05) is 17.7 Å². The minimum Gasteiger partial charge on any atom is -0.389 e. The second-order valence-corrected chi connectivity index (χ2v) is 7.01. The summed E-state index contributed by atoms with van der Waals surface area (Å²) in [5.74, 6) is 0.865. The van der Waals surface area contributed by atoms with Crippen LogP contribution < -0.4 is 5.32 Å². The predicted octanol–water partition coefficient (Wildman–Crippen LogP) is -0.0990. The first-order chi connectivity index (χ1) is 11.1. The number of nitrogens with one attached hydrogen (secondary N) is 1. The van der Waals surface area contributed by atoms with Gasteiger partial charge in [0.2, 0.25) is 0 Å². The Kier molecular flexibility index (Phi) is 4.15. The van der Waals surface area contributed by atoms with Gasteiger partial charge in [-0.3, -0.25) is 0 Å². The fraction of sp³-hybridized carbons (Fsp3) is 0.812. The van der Waals surface area contributed by atoms with Crippen molar-refractivity contribution in [2.45, 2.75) is 56.4 Å². The molecule has 128 valence electrons. The van der Waals surface area contributed by atoms with Gasteiger partial charge in [0.25, 0.3) is 0 Å². The van der Waals surface area contributed by atoms with Crippen molar-refractivity contribution in [2.75, 3.05) is 26.7 Å².